The monoisotopic (exact) mass is 258 g/mol. The van der Waals surface area contributed by atoms with Crippen molar-refractivity contribution in [1.82, 2.24) is 0 Å². The zero-order chi connectivity index (χ0) is 13.5. The second-order valence-corrected chi connectivity index (χ2v) is 5.70. The maximum atomic E-state index is 11.5. The average Bonchev–Trinajstić information content (AvgIpc) is 2.69. The van der Waals surface area contributed by atoms with Crippen molar-refractivity contribution in [3.8, 4) is 0 Å². The molecule has 2 N–H and O–H groups in total. The molecule has 0 bridgehead atoms. The van der Waals surface area contributed by atoms with E-state index in [0.717, 1.165) is 18.8 Å². The Morgan fingerprint density at radius 3 is 2.56 bits per heavy atom. The van der Waals surface area contributed by atoms with Crippen LogP contribution in [-0.4, -0.2) is 35.5 Å². The Morgan fingerprint density at radius 1 is 1.28 bits per heavy atom. The lowest BCUT2D eigenvalue weighted by Gasteiger charge is -2.19. The molecule has 106 valence electrons. The molecule has 1 aliphatic heterocycles. The summed E-state index contributed by atoms with van der Waals surface area (Å²) < 4.78 is 4.89. The highest BCUT2D eigenvalue weighted by molar-refractivity contribution is 5.75. The number of esters is 1. The summed E-state index contributed by atoms with van der Waals surface area (Å²) >= 11 is 0. The van der Waals surface area contributed by atoms with Crippen molar-refractivity contribution in [3.63, 3.8) is 0 Å². The lowest BCUT2D eigenvalue weighted by Crippen LogP contribution is -2.31. The summed E-state index contributed by atoms with van der Waals surface area (Å²) in [4.78, 5) is 11.5. The Labute approximate surface area is 109 Å². The van der Waals surface area contributed by atoms with Crippen LogP contribution in [0.5, 0.6) is 0 Å². The molecule has 0 amide bonds. The molecule has 1 aliphatic rings. The molecule has 0 spiro atoms. The topological polar surface area (TPSA) is 66.8 Å². The number of aliphatic hydroxyl groups excluding tert-OH is 2. The molecule has 0 aliphatic carbocycles. The number of hydrogen-bond acceptors (Lipinski definition) is 4. The van der Waals surface area contributed by atoms with E-state index in [1.54, 1.807) is 0 Å². The number of carbonyl (C=O) groups is 1. The molecular weight excluding hydrogens is 232 g/mol. The average molecular weight is 258 g/mol. The summed E-state index contributed by atoms with van der Waals surface area (Å²) in [6.45, 7) is 4.55. The minimum Gasteiger partial charge on any atom is -0.465 e. The molecule has 4 nitrogen and oxygen atoms in total. The Balaban J connectivity index is 2.23. The van der Waals surface area contributed by atoms with Gasteiger partial charge in [0.1, 0.15) is 0 Å². The van der Waals surface area contributed by atoms with Crippen LogP contribution in [0.4, 0.5) is 0 Å². The van der Waals surface area contributed by atoms with Gasteiger partial charge in [0.05, 0.1) is 25.2 Å². The highest BCUT2D eigenvalue weighted by atomic mass is 16.5. The molecule has 0 aromatic heterocycles. The van der Waals surface area contributed by atoms with Gasteiger partial charge >= 0.3 is 5.97 Å². The zero-order valence-corrected chi connectivity index (χ0v) is 11.5. The van der Waals surface area contributed by atoms with Crippen LogP contribution in [0.25, 0.3) is 0 Å². The van der Waals surface area contributed by atoms with E-state index in [2.05, 4.69) is 13.8 Å². The third-order valence-corrected chi connectivity index (χ3v) is 3.65. The number of carbonyl (C=O) groups excluding carboxylic acids is 1. The van der Waals surface area contributed by atoms with E-state index in [-0.39, 0.29) is 25.1 Å². The molecule has 0 saturated carbocycles. The Kier molecular flexibility index (Phi) is 6.65. The first-order valence-electron chi connectivity index (χ1n) is 7.01. The minimum absolute atomic E-state index is 0.0964. The Morgan fingerprint density at radius 2 is 1.94 bits per heavy atom. The number of rotatable bonds is 8. The maximum absolute atomic E-state index is 11.5. The zero-order valence-electron chi connectivity index (χ0n) is 11.5. The van der Waals surface area contributed by atoms with Gasteiger partial charge in [0.2, 0.25) is 0 Å². The Bertz CT molecular complexity index is 252. The summed E-state index contributed by atoms with van der Waals surface area (Å²) in [5, 5.41) is 19.1. The molecule has 1 saturated heterocycles. The van der Waals surface area contributed by atoms with Crippen LogP contribution in [0.1, 0.15) is 46.0 Å². The lowest BCUT2D eigenvalue weighted by atomic mass is 9.88. The number of aliphatic hydroxyl groups is 2. The first-order chi connectivity index (χ1) is 8.56. The van der Waals surface area contributed by atoms with E-state index in [9.17, 15) is 9.90 Å². The molecule has 1 unspecified atom stereocenters. The fourth-order valence-electron chi connectivity index (χ4n) is 2.48. The van der Waals surface area contributed by atoms with Crippen molar-refractivity contribution >= 4 is 5.97 Å². The summed E-state index contributed by atoms with van der Waals surface area (Å²) in [7, 11) is 0. The van der Waals surface area contributed by atoms with Crippen LogP contribution in [-0.2, 0) is 9.53 Å². The smallest absolute Gasteiger partial charge is 0.312 e. The summed E-state index contributed by atoms with van der Waals surface area (Å²) in [6, 6.07) is 0. The van der Waals surface area contributed by atoms with Gasteiger partial charge in [0.15, 0.2) is 0 Å². The van der Waals surface area contributed by atoms with E-state index in [0.29, 0.717) is 6.42 Å². The lowest BCUT2D eigenvalue weighted by molar-refractivity contribution is -0.144. The quantitative estimate of drug-likeness (QED) is 0.514. The number of hydrogen-bond donors (Lipinski definition) is 2. The standard InChI is InChI=1S/C14H26O4/c1-10(2)6-4-3-5-7-12(16)13-11(8-15)9-18-14(13)17/h10-13,15-16H,3-9H2,1-2H3/t11-,12+,13?/m1/s1. The van der Waals surface area contributed by atoms with Crippen molar-refractivity contribution in [1.29, 1.82) is 0 Å². The van der Waals surface area contributed by atoms with Gasteiger partial charge in [-0.25, -0.2) is 0 Å². The van der Waals surface area contributed by atoms with Crippen molar-refractivity contribution in [3.05, 3.63) is 0 Å². The first kappa shape index (κ1) is 15.4. The van der Waals surface area contributed by atoms with Crippen LogP contribution >= 0.6 is 0 Å². The largest absolute Gasteiger partial charge is 0.465 e. The van der Waals surface area contributed by atoms with E-state index in [4.69, 9.17) is 9.84 Å². The molecule has 0 aromatic rings. The van der Waals surface area contributed by atoms with E-state index < -0.39 is 12.0 Å². The van der Waals surface area contributed by atoms with E-state index in [1.165, 1.54) is 12.8 Å². The fraction of sp³-hybridized carbons (Fsp3) is 0.929. The fourth-order valence-corrected chi connectivity index (χ4v) is 2.48. The SMILES string of the molecule is CC(C)CCCCC[C@H](O)C1C(=O)OC[C@H]1CO. The molecule has 0 aromatic carbocycles. The predicted octanol–water partition coefficient (Wildman–Crippen LogP) is 1.74. The molecule has 1 heterocycles. The van der Waals surface area contributed by atoms with E-state index in [1.807, 2.05) is 0 Å². The second-order valence-electron chi connectivity index (χ2n) is 5.70. The molecule has 1 rings (SSSR count). The highest BCUT2D eigenvalue weighted by Gasteiger charge is 2.40. The van der Waals surface area contributed by atoms with Gasteiger partial charge in [-0.3, -0.25) is 4.79 Å². The molecule has 3 atom stereocenters. The summed E-state index contributed by atoms with van der Waals surface area (Å²) in [5.41, 5.74) is 0. The molecular formula is C14H26O4. The normalized spacial score (nSPS) is 25.5. The van der Waals surface area contributed by atoms with Crippen molar-refractivity contribution in [2.24, 2.45) is 17.8 Å². The summed E-state index contributed by atoms with van der Waals surface area (Å²) in [6.07, 6.45) is 4.34. The third-order valence-electron chi connectivity index (χ3n) is 3.65. The predicted molar refractivity (Wildman–Crippen MR) is 69.0 cm³/mol. The van der Waals surface area contributed by atoms with Gasteiger partial charge in [-0.05, 0) is 12.3 Å². The highest BCUT2D eigenvalue weighted by Crippen LogP contribution is 2.27. The second kappa shape index (κ2) is 7.74. The van der Waals surface area contributed by atoms with Crippen LogP contribution in [0.2, 0.25) is 0 Å². The van der Waals surface area contributed by atoms with Gasteiger partial charge < -0.3 is 14.9 Å². The van der Waals surface area contributed by atoms with Crippen molar-refractivity contribution in [2.45, 2.75) is 52.1 Å². The molecule has 1 fully saturated rings. The van der Waals surface area contributed by atoms with Gasteiger partial charge in [-0.15, -0.1) is 0 Å². The maximum Gasteiger partial charge on any atom is 0.312 e. The number of unbranched alkanes of at least 4 members (excludes halogenated alkanes) is 2. The van der Waals surface area contributed by atoms with Gasteiger partial charge in [0, 0.05) is 5.92 Å². The molecule has 4 heteroatoms. The minimum atomic E-state index is -0.670. The molecule has 0 radical (unpaired) electrons. The van der Waals surface area contributed by atoms with Crippen LogP contribution in [0.15, 0.2) is 0 Å². The van der Waals surface area contributed by atoms with Gasteiger partial charge in [-0.2, -0.15) is 0 Å². The van der Waals surface area contributed by atoms with Crippen LogP contribution in [0.3, 0.4) is 0 Å². The van der Waals surface area contributed by atoms with Gasteiger partial charge in [0.25, 0.3) is 0 Å². The van der Waals surface area contributed by atoms with Crippen molar-refractivity contribution < 1.29 is 19.7 Å². The number of cyclic esters (lactones) is 1. The number of ether oxygens (including phenoxy) is 1. The Hall–Kier alpha value is -0.610. The van der Waals surface area contributed by atoms with E-state index >= 15 is 0 Å². The first-order valence-corrected chi connectivity index (χ1v) is 7.01. The third kappa shape index (κ3) is 4.58. The van der Waals surface area contributed by atoms with Gasteiger partial charge in [-0.1, -0.05) is 39.5 Å². The van der Waals surface area contributed by atoms with Crippen molar-refractivity contribution in [2.75, 3.05) is 13.2 Å². The summed E-state index contributed by atoms with van der Waals surface area (Å²) in [5.74, 6) is -0.398. The molecule has 18 heavy (non-hydrogen) atoms. The van der Waals surface area contributed by atoms with Crippen LogP contribution < -0.4 is 0 Å². The van der Waals surface area contributed by atoms with Crippen LogP contribution in [0, 0.1) is 17.8 Å².